The van der Waals surface area contributed by atoms with Gasteiger partial charge in [0.15, 0.2) is 0 Å². The summed E-state index contributed by atoms with van der Waals surface area (Å²) in [6, 6.07) is 7.15. The van der Waals surface area contributed by atoms with Gasteiger partial charge in [0.1, 0.15) is 5.75 Å². The van der Waals surface area contributed by atoms with Crippen molar-refractivity contribution in [3.05, 3.63) is 40.4 Å². The molecule has 0 fully saturated rings. The van der Waals surface area contributed by atoms with E-state index in [0.717, 1.165) is 22.8 Å². The fraction of sp³-hybridized carbons (Fsp3) is 0.421. The monoisotopic (exact) mass is 372 g/mol. The lowest BCUT2D eigenvalue weighted by Crippen LogP contribution is -2.13. The van der Waals surface area contributed by atoms with E-state index >= 15 is 0 Å². The number of ether oxygens (including phenoxy) is 1. The highest BCUT2D eigenvalue weighted by atomic mass is 32.1. The molecular weight excluding hydrogens is 348 g/mol. The first-order chi connectivity index (χ1) is 12.6. The number of unbranched alkanes of at least 4 members (excludes halogenated alkanes) is 3. The van der Waals surface area contributed by atoms with Crippen LogP contribution in [0.4, 0.5) is 5.95 Å². The summed E-state index contributed by atoms with van der Waals surface area (Å²) in [5.74, 6) is 0.873. The zero-order chi connectivity index (χ0) is 18.5. The lowest BCUT2D eigenvalue weighted by molar-refractivity contribution is 0.102. The molecule has 7 heteroatoms. The Morgan fingerprint density at radius 1 is 1.19 bits per heavy atom. The van der Waals surface area contributed by atoms with Crippen molar-refractivity contribution in [3.63, 3.8) is 0 Å². The number of nitrogens with one attached hydrogen (secondary N) is 1. The van der Waals surface area contributed by atoms with Crippen LogP contribution >= 0.6 is 11.3 Å². The van der Waals surface area contributed by atoms with Gasteiger partial charge in [-0.25, -0.2) is 4.52 Å². The molecule has 0 aliphatic carbocycles. The van der Waals surface area contributed by atoms with Crippen molar-refractivity contribution < 1.29 is 9.53 Å². The molecule has 1 amide bonds. The Balaban J connectivity index is 1.57. The van der Waals surface area contributed by atoms with Crippen molar-refractivity contribution in [2.75, 3.05) is 11.9 Å². The number of amides is 1. The summed E-state index contributed by atoms with van der Waals surface area (Å²) < 4.78 is 7.46. The first kappa shape index (κ1) is 18.4. The van der Waals surface area contributed by atoms with Gasteiger partial charge in [-0.05, 0) is 44.5 Å². The topological polar surface area (TPSA) is 68.5 Å². The zero-order valence-electron chi connectivity index (χ0n) is 15.4. The Morgan fingerprint density at radius 3 is 2.65 bits per heavy atom. The molecule has 1 aromatic carbocycles. The van der Waals surface area contributed by atoms with Gasteiger partial charge in [-0.15, -0.1) is 5.10 Å². The predicted molar refractivity (Wildman–Crippen MR) is 104 cm³/mol. The van der Waals surface area contributed by atoms with Gasteiger partial charge in [0.25, 0.3) is 11.9 Å². The average molecular weight is 372 g/mol. The van der Waals surface area contributed by atoms with Crippen molar-refractivity contribution in [2.45, 2.75) is 46.5 Å². The third-order valence-corrected chi connectivity index (χ3v) is 5.31. The van der Waals surface area contributed by atoms with Crippen LogP contribution in [-0.4, -0.2) is 27.1 Å². The van der Waals surface area contributed by atoms with Crippen molar-refractivity contribution >= 4 is 28.2 Å². The SMILES string of the molecule is CCCCCCOc1ccc(C(=O)Nc2nc3sc(C)c(C)n3n2)cc1. The lowest BCUT2D eigenvalue weighted by Gasteiger charge is -2.07. The number of fused-ring (bicyclic) bond motifs is 1. The van der Waals surface area contributed by atoms with Gasteiger partial charge in [-0.1, -0.05) is 37.5 Å². The minimum atomic E-state index is -0.230. The first-order valence-corrected chi connectivity index (χ1v) is 9.77. The molecule has 0 unspecified atom stereocenters. The molecule has 0 spiro atoms. The molecule has 0 aliphatic rings. The van der Waals surface area contributed by atoms with Crippen LogP contribution in [0.1, 0.15) is 53.5 Å². The molecule has 0 atom stereocenters. The maximum atomic E-state index is 12.4. The molecule has 138 valence electrons. The summed E-state index contributed by atoms with van der Waals surface area (Å²) in [5, 5.41) is 7.09. The number of carbonyl (C=O) groups excluding carboxylic acids is 1. The van der Waals surface area contributed by atoms with E-state index in [2.05, 4.69) is 22.3 Å². The van der Waals surface area contributed by atoms with Crippen molar-refractivity contribution in [3.8, 4) is 5.75 Å². The highest BCUT2D eigenvalue weighted by Crippen LogP contribution is 2.21. The maximum Gasteiger partial charge on any atom is 0.258 e. The van der Waals surface area contributed by atoms with Crippen molar-refractivity contribution in [1.29, 1.82) is 0 Å². The minimum Gasteiger partial charge on any atom is -0.494 e. The van der Waals surface area contributed by atoms with Crippen LogP contribution in [0.3, 0.4) is 0 Å². The second-order valence-electron chi connectivity index (χ2n) is 6.26. The number of rotatable bonds is 8. The van der Waals surface area contributed by atoms with Crippen LogP contribution in [-0.2, 0) is 0 Å². The molecule has 2 heterocycles. The summed E-state index contributed by atoms with van der Waals surface area (Å²) in [6.45, 7) is 6.91. The molecule has 26 heavy (non-hydrogen) atoms. The summed E-state index contributed by atoms with van der Waals surface area (Å²) in [5.41, 5.74) is 1.59. The Morgan fingerprint density at radius 2 is 1.96 bits per heavy atom. The van der Waals surface area contributed by atoms with Gasteiger partial charge in [-0.2, -0.15) is 4.98 Å². The van der Waals surface area contributed by atoms with Crippen molar-refractivity contribution in [2.24, 2.45) is 0 Å². The second kappa shape index (κ2) is 8.31. The second-order valence-corrected chi connectivity index (χ2v) is 7.44. The fourth-order valence-corrected chi connectivity index (χ4v) is 3.49. The van der Waals surface area contributed by atoms with E-state index in [1.165, 1.54) is 24.1 Å². The fourth-order valence-electron chi connectivity index (χ4n) is 2.59. The first-order valence-electron chi connectivity index (χ1n) is 8.95. The van der Waals surface area contributed by atoms with Crippen LogP contribution in [0.5, 0.6) is 5.75 Å². The molecule has 0 bridgehead atoms. The van der Waals surface area contributed by atoms with Crippen LogP contribution in [0, 0.1) is 13.8 Å². The van der Waals surface area contributed by atoms with Gasteiger partial charge in [0, 0.05) is 10.4 Å². The molecule has 3 aromatic rings. The van der Waals surface area contributed by atoms with Crippen LogP contribution in [0.25, 0.3) is 4.96 Å². The van der Waals surface area contributed by atoms with E-state index in [9.17, 15) is 4.79 Å². The van der Waals surface area contributed by atoms with Gasteiger partial charge >= 0.3 is 0 Å². The molecule has 3 rings (SSSR count). The number of benzene rings is 1. The van der Waals surface area contributed by atoms with Gasteiger partial charge < -0.3 is 4.74 Å². The molecule has 6 nitrogen and oxygen atoms in total. The molecule has 1 N–H and O–H groups in total. The number of aromatic nitrogens is 3. The number of hydrogen-bond acceptors (Lipinski definition) is 5. The number of anilines is 1. The van der Waals surface area contributed by atoms with Gasteiger partial charge in [0.05, 0.1) is 12.3 Å². The van der Waals surface area contributed by atoms with Crippen LogP contribution in [0.15, 0.2) is 24.3 Å². The maximum absolute atomic E-state index is 12.4. The quantitative estimate of drug-likeness (QED) is 0.586. The smallest absolute Gasteiger partial charge is 0.258 e. The van der Waals surface area contributed by atoms with Crippen molar-refractivity contribution in [1.82, 2.24) is 14.6 Å². The Labute approximate surface area is 157 Å². The largest absolute Gasteiger partial charge is 0.494 e. The van der Waals surface area contributed by atoms with Gasteiger partial charge in [-0.3, -0.25) is 10.1 Å². The Bertz CT molecular complexity index is 883. The third kappa shape index (κ3) is 4.22. The highest BCUT2D eigenvalue weighted by Gasteiger charge is 2.13. The lowest BCUT2D eigenvalue weighted by atomic mass is 10.2. The number of nitrogens with zero attached hydrogens (tertiary/aromatic N) is 3. The number of carbonyl (C=O) groups is 1. The Kier molecular flexibility index (Phi) is 5.88. The van der Waals surface area contributed by atoms with E-state index in [1.807, 2.05) is 26.0 Å². The number of aryl methyl sites for hydroxylation is 2. The number of thiazole rings is 1. The van der Waals surface area contributed by atoms with Crippen LogP contribution < -0.4 is 10.1 Å². The van der Waals surface area contributed by atoms with Gasteiger partial charge in [0.2, 0.25) is 4.96 Å². The molecular formula is C19H24N4O2S. The van der Waals surface area contributed by atoms with E-state index in [-0.39, 0.29) is 5.91 Å². The minimum absolute atomic E-state index is 0.230. The molecule has 0 radical (unpaired) electrons. The summed E-state index contributed by atoms with van der Waals surface area (Å²) >= 11 is 1.56. The zero-order valence-corrected chi connectivity index (χ0v) is 16.2. The van der Waals surface area contributed by atoms with E-state index in [1.54, 1.807) is 28.0 Å². The molecule has 0 saturated heterocycles. The predicted octanol–water partition coefficient (Wildman–Crippen LogP) is 4.62. The van der Waals surface area contributed by atoms with E-state index in [4.69, 9.17) is 4.74 Å². The normalized spacial score (nSPS) is 11.0. The van der Waals surface area contributed by atoms with Crippen LogP contribution in [0.2, 0.25) is 0 Å². The average Bonchev–Trinajstić information content (AvgIpc) is 3.14. The molecule has 2 aromatic heterocycles. The van der Waals surface area contributed by atoms with E-state index in [0.29, 0.717) is 18.1 Å². The molecule has 0 saturated carbocycles. The summed E-state index contributed by atoms with van der Waals surface area (Å²) in [7, 11) is 0. The summed E-state index contributed by atoms with van der Waals surface area (Å²) in [4.78, 5) is 18.7. The third-order valence-electron chi connectivity index (χ3n) is 4.26. The number of hydrogen-bond donors (Lipinski definition) is 1. The molecule has 0 aliphatic heterocycles. The highest BCUT2D eigenvalue weighted by molar-refractivity contribution is 7.17. The summed E-state index contributed by atoms with van der Waals surface area (Å²) in [6.07, 6.45) is 4.69. The van der Waals surface area contributed by atoms with E-state index < -0.39 is 0 Å². The standard InChI is InChI=1S/C19H24N4O2S/c1-4-5-6-7-12-25-16-10-8-15(9-11-16)17(24)20-18-21-19-23(22-18)13(2)14(3)26-19/h8-11H,4-7,12H2,1-3H3,(H,20,22,24). The Hall–Kier alpha value is -2.41.